The molecule has 0 N–H and O–H groups in total. The second kappa shape index (κ2) is 15.8. The van der Waals surface area contributed by atoms with Gasteiger partial charge in [-0.15, -0.1) is 0 Å². The van der Waals surface area contributed by atoms with Crippen molar-refractivity contribution in [3.05, 3.63) is 53.3 Å². The van der Waals surface area contributed by atoms with Crippen LogP contribution < -0.4 is 9.47 Å². The van der Waals surface area contributed by atoms with Gasteiger partial charge in [-0.2, -0.15) is 0 Å². The van der Waals surface area contributed by atoms with E-state index in [9.17, 15) is 0 Å². The van der Waals surface area contributed by atoms with E-state index < -0.39 is 0 Å². The average molecular weight is 937 g/mol. The molecule has 0 saturated heterocycles. The topological polar surface area (TPSA) is 27.7 Å². The SMILES string of the molecule is CCCCOC(CBr)COc1c(Br)cc(C(C)(C)c2cc(Br)c(OCC(Br)CBr)c(Br)c2)cc1Br. The van der Waals surface area contributed by atoms with Crippen LogP contribution in [0.1, 0.15) is 44.7 Å². The van der Waals surface area contributed by atoms with Gasteiger partial charge in [-0.25, -0.2) is 0 Å². The van der Waals surface area contributed by atoms with Crippen molar-refractivity contribution in [2.45, 2.75) is 50.0 Å². The highest BCUT2D eigenvalue weighted by Crippen LogP contribution is 2.44. The Labute approximate surface area is 268 Å². The molecule has 0 aliphatic carbocycles. The van der Waals surface area contributed by atoms with E-state index in [1.54, 1.807) is 0 Å². The van der Waals surface area contributed by atoms with E-state index in [0.29, 0.717) is 13.2 Å². The Kier molecular flexibility index (Phi) is 14.7. The first-order chi connectivity index (χ1) is 16.5. The summed E-state index contributed by atoms with van der Waals surface area (Å²) in [6, 6.07) is 8.49. The molecular formula is C25H29Br7O3. The van der Waals surface area contributed by atoms with Crippen molar-refractivity contribution in [1.29, 1.82) is 0 Å². The van der Waals surface area contributed by atoms with Gasteiger partial charge >= 0.3 is 0 Å². The molecule has 0 fully saturated rings. The van der Waals surface area contributed by atoms with Crippen LogP contribution in [0.25, 0.3) is 0 Å². The molecular weight excluding hydrogens is 908 g/mol. The summed E-state index contributed by atoms with van der Waals surface area (Å²) in [5.41, 5.74) is 2.02. The van der Waals surface area contributed by atoms with Gasteiger partial charge in [0.15, 0.2) is 0 Å². The van der Waals surface area contributed by atoms with Crippen molar-refractivity contribution in [3.63, 3.8) is 0 Å². The summed E-state index contributed by atoms with van der Waals surface area (Å²) in [5, 5.41) is 1.55. The van der Waals surface area contributed by atoms with Crippen molar-refractivity contribution >= 4 is 112 Å². The standard InChI is InChI=1S/C25H29Br7O3/c1-4-5-6-33-18(12-27)14-35-24-21(31)9-16(10-22(24)32)25(2,3)15-7-19(29)23(20(30)8-15)34-13-17(28)11-26/h7-10,17-18H,4-6,11-14H2,1-3H3. The van der Waals surface area contributed by atoms with Gasteiger partial charge in [-0.1, -0.05) is 75.0 Å². The van der Waals surface area contributed by atoms with Crippen LogP contribution in [0.3, 0.4) is 0 Å². The van der Waals surface area contributed by atoms with Gasteiger partial charge in [0, 0.05) is 22.7 Å². The molecule has 0 bridgehead atoms. The zero-order chi connectivity index (χ0) is 26.2. The summed E-state index contributed by atoms with van der Waals surface area (Å²) in [6.07, 6.45) is 2.16. The molecule has 2 aromatic carbocycles. The van der Waals surface area contributed by atoms with Crippen LogP contribution in [-0.4, -0.2) is 41.4 Å². The third kappa shape index (κ3) is 9.50. The van der Waals surface area contributed by atoms with Gasteiger partial charge in [-0.05, 0) is 106 Å². The molecule has 0 spiro atoms. The summed E-state index contributed by atoms with van der Waals surface area (Å²) in [6.45, 7) is 8.35. The maximum absolute atomic E-state index is 6.15. The lowest BCUT2D eigenvalue weighted by molar-refractivity contribution is 0.0342. The van der Waals surface area contributed by atoms with Crippen LogP contribution in [0.2, 0.25) is 0 Å². The highest BCUT2D eigenvalue weighted by atomic mass is 79.9. The molecule has 196 valence electrons. The fourth-order valence-electron chi connectivity index (χ4n) is 3.21. The first-order valence-corrected chi connectivity index (χ1v) is 17.5. The molecule has 0 aromatic heterocycles. The van der Waals surface area contributed by atoms with Crippen molar-refractivity contribution < 1.29 is 14.2 Å². The number of halogens is 7. The summed E-state index contributed by atoms with van der Waals surface area (Å²) >= 11 is 25.4. The van der Waals surface area contributed by atoms with Crippen molar-refractivity contribution in [3.8, 4) is 11.5 Å². The summed E-state index contributed by atoms with van der Waals surface area (Å²) in [5.74, 6) is 1.57. The lowest BCUT2D eigenvalue weighted by Crippen LogP contribution is -2.24. The molecule has 2 atom stereocenters. The predicted molar refractivity (Wildman–Crippen MR) is 172 cm³/mol. The van der Waals surface area contributed by atoms with Gasteiger partial charge < -0.3 is 14.2 Å². The quantitative estimate of drug-likeness (QED) is 0.140. The van der Waals surface area contributed by atoms with Crippen LogP contribution in [0.5, 0.6) is 11.5 Å². The van der Waals surface area contributed by atoms with Crippen molar-refractivity contribution in [2.24, 2.45) is 0 Å². The molecule has 0 heterocycles. The molecule has 35 heavy (non-hydrogen) atoms. The Morgan fingerprint density at radius 2 is 1.23 bits per heavy atom. The van der Waals surface area contributed by atoms with Crippen LogP contribution in [0, 0.1) is 0 Å². The van der Waals surface area contributed by atoms with Gasteiger partial charge in [0.1, 0.15) is 30.8 Å². The molecule has 2 aromatic rings. The van der Waals surface area contributed by atoms with E-state index in [1.807, 2.05) is 0 Å². The Hall–Kier alpha value is 1.36. The minimum Gasteiger partial charge on any atom is -0.490 e. The average Bonchev–Trinajstić information content (AvgIpc) is 2.81. The molecule has 3 nitrogen and oxygen atoms in total. The molecule has 2 unspecified atom stereocenters. The van der Waals surface area contributed by atoms with Gasteiger partial charge in [0.2, 0.25) is 0 Å². The van der Waals surface area contributed by atoms with Gasteiger partial charge in [0.25, 0.3) is 0 Å². The zero-order valence-corrected chi connectivity index (χ0v) is 30.9. The normalized spacial score (nSPS) is 13.5. The van der Waals surface area contributed by atoms with E-state index in [-0.39, 0.29) is 16.3 Å². The van der Waals surface area contributed by atoms with E-state index in [4.69, 9.17) is 14.2 Å². The lowest BCUT2D eigenvalue weighted by atomic mass is 9.78. The fourth-order valence-corrected chi connectivity index (χ4v) is 6.73. The van der Waals surface area contributed by atoms with E-state index in [2.05, 4.69) is 157 Å². The van der Waals surface area contributed by atoms with E-state index >= 15 is 0 Å². The number of alkyl halides is 3. The molecule has 2 rings (SSSR count). The number of rotatable bonds is 14. The van der Waals surface area contributed by atoms with Crippen LogP contribution in [-0.2, 0) is 10.2 Å². The largest absolute Gasteiger partial charge is 0.490 e. The lowest BCUT2D eigenvalue weighted by Gasteiger charge is -2.28. The van der Waals surface area contributed by atoms with E-state index in [1.165, 1.54) is 0 Å². The van der Waals surface area contributed by atoms with Crippen LogP contribution >= 0.6 is 112 Å². The van der Waals surface area contributed by atoms with Crippen LogP contribution in [0.4, 0.5) is 0 Å². The first-order valence-electron chi connectivity index (χ1n) is 11.2. The molecule has 10 heteroatoms. The highest BCUT2D eigenvalue weighted by Gasteiger charge is 2.27. The number of hydrogen-bond donors (Lipinski definition) is 0. The fraction of sp³-hybridized carbons (Fsp3) is 0.520. The minimum absolute atomic E-state index is 0.00116. The number of ether oxygens (including phenoxy) is 3. The summed E-state index contributed by atoms with van der Waals surface area (Å²) < 4.78 is 21.7. The third-order valence-electron chi connectivity index (χ3n) is 5.45. The molecule has 0 radical (unpaired) electrons. The molecule has 0 aliphatic rings. The second-order valence-electron chi connectivity index (χ2n) is 8.54. The number of hydrogen-bond acceptors (Lipinski definition) is 3. The zero-order valence-electron chi connectivity index (χ0n) is 19.8. The maximum atomic E-state index is 6.15. The minimum atomic E-state index is -0.275. The van der Waals surface area contributed by atoms with Gasteiger partial charge in [0.05, 0.1) is 22.7 Å². The van der Waals surface area contributed by atoms with Crippen LogP contribution in [0.15, 0.2) is 42.2 Å². The second-order valence-corrected chi connectivity index (χ2v) is 14.5. The number of unbranched alkanes of at least 4 members (excludes halogenated alkanes) is 1. The van der Waals surface area contributed by atoms with Crippen molar-refractivity contribution in [2.75, 3.05) is 30.5 Å². The predicted octanol–water partition coefficient (Wildman–Crippen LogP) is 10.6. The highest BCUT2D eigenvalue weighted by molar-refractivity contribution is 9.12. The Morgan fingerprint density at radius 3 is 1.63 bits per heavy atom. The smallest absolute Gasteiger partial charge is 0.147 e. The third-order valence-corrected chi connectivity index (χ3v) is 10.8. The van der Waals surface area contributed by atoms with E-state index in [0.717, 1.165) is 70.6 Å². The Bertz CT molecular complexity index is 922. The molecule has 0 aliphatic heterocycles. The molecule has 0 saturated carbocycles. The Morgan fingerprint density at radius 1 is 0.771 bits per heavy atom. The molecule has 0 amide bonds. The van der Waals surface area contributed by atoms with Gasteiger partial charge in [-0.3, -0.25) is 0 Å². The monoisotopic (exact) mass is 930 g/mol. The number of benzene rings is 2. The first kappa shape index (κ1) is 32.6. The summed E-state index contributed by atoms with van der Waals surface area (Å²) in [7, 11) is 0. The maximum Gasteiger partial charge on any atom is 0.147 e. The Balaban J connectivity index is 2.24. The van der Waals surface area contributed by atoms with Crippen molar-refractivity contribution in [1.82, 2.24) is 0 Å². The summed E-state index contributed by atoms with van der Waals surface area (Å²) in [4.78, 5) is 0.237.